The monoisotopic (exact) mass is 420 g/mol. The van der Waals surface area contributed by atoms with Gasteiger partial charge in [-0.3, -0.25) is 9.62 Å². The third kappa shape index (κ3) is 5.13. The first-order valence-electron chi connectivity index (χ1n) is 9.61. The van der Waals surface area contributed by atoms with Crippen molar-refractivity contribution in [2.45, 2.75) is 37.7 Å². The molecule has 3 rings (SSSR count). The van der Waals surface area contributed by atoms with Gasteiger partial charge in [0.05, 0.1) is 16.1 Å². The van der Waals surface area contributed by atoms with E-state index in [0.717, 1.165) is 38.1 Å². The Labute approximate surface area is 170 Å². The van der Waals surface area contributed by atoms with E-state index in [4.69, 9.17) is 4.74 Å². The first-order valence-corrected chi connectivity index (χ1v) is 11.1. The fraction of sp³-hybridized carbons (Fsp3) is 0.381. The SMILES string of the molecule is CCN1CCC[C@@H](OC(=O)c2ccccc2NS(=O)(=O)c2ccc(F)cc2C)C1. The summed E-state index contributed by atoms with van der Waals surface area (Å²) in [6, 6.07) is 9.75. The van der Waals surface area contributed by atoms with Crippen LogP contribution in [0.1, 0.15) is 35.7 Å². The predicted octanol–water partition coefficient (Wildman–Crippen LogP) is 3.58. The number of halogens is 1. The minimum atomic E-state index is -4.00. The Morgan fingerprint density at radius 2 is 2.03 bits per heavy atom. The van der Waals surface area contributed by atoms with E-state index in [2.05, 4.69) is 16.5 Å². The van der Waals surface area contributed by atoms with Crippen LogP contribution in [0.3, 0.4) is 0 Å². The van der Waals surface area contributed by atoms with E-state index in [1.54, 1.807) is 12.1 Å². The minimum Gasteiger partial charge on any atom is -0.457 e. The number of carbonyl (C=O) groups is 1. The number of sulfonamides is 1. The molecule has 0 saturated carbocycles. The number of hydrogen-bond donors (Lipinski definition) is 1. The van der Waals surface area contributed by atoms with Gasteiger partial charge in [-0.1, -0.05) is 19.1 Å². The second-order valence-electron chi connectivity index (χ2n) is 7.12. The van der Waals surface area contributed by atoms with Crippen molar-refractivity contribution in [1.82, 2.24) is 4.90 Å². The lowest BCUT2D eigenvalue weighted by Gasteiger charge is -2.31. The zero-order valence-electron chi connectivity index (χ0n) is 16.5. The summed E-state index contributed by atoms with van der Waals surface area (Å²) in [5.41, 5.74) is 0.549. The number of aryl methyl sites for hydroxylation is 1. The normalized spacial score (nSPS) is 17.7. The van der Waals surface area contributed by atoms with Gasteiger partial charge in [-0.15, -0.1) is 0 Å². The lowest BCUT2D eigenvalue weighted by molar-refractivity contribution is 0.00785. The van der Waals surface area contributed by atoms with Crippen molar-refractivity contribution in [2.24, 2.45) is 0 Å². The number of carbonyl (C=O) groups excluding carboxylic acids is 1. The second-order valence-corrected chi connectivity index (χ2v) is 8.77. The highest BCUT2D eigenvalue weighted by Crippen LogP contribution is 2.24. The molecule has 1 fully saturated rings. The van der Waals surface area contributed by atoms with Crippen molar-refractivity contribution in [3.63, 3.8) is 0 Å². The number of likely N-dealkylation sites (N-methyl/N-ethyl adjacent to an activating group) is 1. The summed E-state index contributed by atoms with van der Waals surface area (Å²) in [5, 5.41) is 0. The number of nitrogens with one attached hydrogen (secondary N) is 1. The van der Waals surface area contributed by atoms with Crippen molar-refractivity contribution in [3.05, 3.63) is 59.4 Å². The van der Waals surface area contributed by atoms with Crippen LogP contribution in [0.25, 0.3) is 0 Å². The molecule has 6 nitrogen and oxygen atoms in total. The topological polar surface area (TPSA) is 75.7 Å². The van der Waals surface area contributed by atoms with Crippen molar-refractivity contribution in [2.75, 3.05) is 24.4 Å². The zero-order chi connectivity index (χ0) is 21.0. The van der Waals surface area contributed by atoms with E-state index in [-0.39, 0.29) is 27.8 Å². The average molecular weight is 421 g/mol. The van der Waals surface area contributed by atoms with Gasteiger partial charge < -0.3 is 4.74 Å². The number of piperidine rings is 1. The molecule has 0 aromatic heterocycles. The molecule has 1 aliphatic heterocycles. The van der Waals surface area contributed by atoms with Crippen molar-refractivity contribution in [1.29, 1.82) is 0 Å². The van der Waals surface area contributed by atoms with Crippen LogP contribution in [-0.2, 0) is 14.8 Å². The summed E-state index contributed by atoms with van der Waals surface area (Å²) in [6.45, 7) is 6.12. The van der Waals surface area contributed by atoms with Crippen LogP contribution >= 0.6 is 0 Å². The average Bonchev–Trinajstić information content (AvgIpc) is 2.67. The second kappa shape index (κ2) is 8.92. The number of esters is 1. The summed E-state index contributed by atoms with van der Waals surface area (Å²) in [5.74, 6) is -1.08. The summed E-state index contributed by atoms with van der Waals surface area (Å²) in [6.07, 6.45) is 1.51. The maximum Gasteiger partial charge on any atom is 0.340 e. The molecule has 0 amide bonds. The molecule has 1 heterocycles. The first-order chi connectivity index (χ1) is 13.8. The number of ether oxygens (including phenoxy) is 1. The fourth-order valence-corrected chi connectivity index (χ4v) is 4.78. The van der Waals surface area contributed by atoms with Crippen LogP contribution in [-0.4, -0.2) is 45.0 Å². The van der Waals surface area contributed by atoms with Crippen molar-refractivity contribution >= 4 is 21.7 Å². The molecule has 1 atom stereocenters. The molecule has 0 aliphatic carbocycles. The number of likely N-dealkylation sites (tertiary alicyclic amines) is 1. The molecule has 0 unspecified atom stereocenters. The van der Waals surface area contributed by atoms with Crippen LogP contribution in [0.5, 0.6) is 0 Å². The van der Waals surface area contributed by atoms with Crippen LogP contribution in [0.4, 0.5) is 10.1 Å². The molecule has 0 bridgehead atoms. The Morgan fingerprint density at radius 3 is 2.76 bits per heavy atom. The Hall–Kier alpha value is -2.45. The largest absolute Gasteiger partial charge is 0.457 e. The Bertz CT molecular complexity index is 994. The molecule has 29 heavy (non-hydrogen) atoms. The highest BCUT2D eigenvalue weighted by atomic mass is 32.2. The number of rotatable bonds is 6. The Kier molecular flexibility index (Phi) is 6.54. The summed E-state index contributed by atoms with van der Waals surface area (Å²) < 4.78 is 47.0. The van der Waals surface area contributed by atoms with Gasteiger partial charge in [0.1, 0.15) is 11.9 Å². The molecule has 0 radical (unpaired) electrons. The Morgan fingerprint density at radius 1 is 1.28 bits per heavy atom. The fourth-order valence-electron chi connectivity index (χ4n) is 3.48. The van der Waals surface area contributed by atoms with E-state index in [1.165, 1.54) is 25.1 Å². The summed E-state index contributed by atoms with van der Waals surface area (Å²) in [7, 11) is -4.00. The lowest BCUT2D eigenvalue weighted by atomic mass is 10.1. The standard InChI is InChI=1S/C21H25FN2O4S/c1-3-24-12-6-7-17(14-24)28-21(25)18-8-4-5-9-19(18)23-29(26,27)20-11-10-16(22)13-15(20)2/h4-5,8-11,13,17,23H,3,6-7,12,14H2,1-2H3/t17-/m1/s1. The van der Waals surface area contributed by atoms with Gasteiger partial charge in [0.25, 0.3) is 10.0 Å². The third-order valence-electron chi connectivity index (χ3n) is 5.00. The maximum atomic E-state index is 13.3. The molecule has 2 aromatic rings. The predicted molar refractivity (Wildman–Crippen MR) is 109 cm³/mol. The summed E-state index contributed by atoms with van der Waals surface area (Å²) in [4.78, 5) is 14.9. The molecular formula is C21H25FN2O4S. The third-order valence-corrected chi connectivity index (χ3v) is 6.53. The molecule has 2 aromatic carbocycles. The van der Waals surface area contributed by atoms with E-state index < -0.39 is 21.8 Å². The van der Waals surface area contributed by atoms with Crippen LogP contribution in [0.15, 0.2) is 47.4 Å². The first kappa shape index (κ1) is 21.3. The molecule has 1 saturated heterocycles. The van der Waals surface area contributed by atoms with Gasteiger partial charge >= 0.3 is 5.97 Å². The highest BCUT2D eigenvalue weighted by molar-refractivity contribution is 7.92. The summed E-state index contributed by atoms with van der Waals surface area (Å²) >= 11 is 0. The number of benzene rings is 2. The van der Waals surface area contributed by atoms with Crippen molar-refractivity contribution < 1.29 is 22.3 Å². The van der Waals surface area contributed by atoms with E-state index in [1.807, 2.05) is 0 Å². The maximum absolute atomic E-state index is 13.3. The molecular weight excluding hydrogens is 395 g/mol. The van der Waals surface area contributed by atoms with Gasteiger partial charge in [0, 0.05) is 6.54 Å². The number of anilines is 1. The number of para-hydroxylation sites is 1. The Balaban J connectivity index is 1.80. The minimum absolute atomic E-state index is 0.0482. The van der Waals surface area contributed by atoms with Crippen LogP contribution < -0.4 is 4.72 Å². The lowest BCUT2D eigenvalue weighted by Crippen LogP contribution is -2.40. The van der Waals surface area contributed by atoms with Crippen LogP contribution in [0, 0.1) is 12.7 Å². The van der Waals surface area contributed by atoms with Gasteiger partial charge in [-0.25, -0.2) is 17.6 Å². The number of nitrogens with zero attached hydrogens (tertiary/aromatic N) is 1. The molecule has 0 spiro atoms. The smallest absolute Gasteiger partial charge is 0.340 e. The molecule has 1 N–H and O–H groups in total. The highest BCUT2D eigenvalue weighted by Gasteiger charge is 2.25. The van der Waals surface area contributed by atoms with Gasteiger partial charge in [0.2, 0.25) is 0 Å². The van der Waals surface area contributed by atoms with E-state index in [9.17, 15) is 17.6 Å². The zero-order valence-corrected chi connectivity index (χ0v) is 17.3. The quantitative estimate of drug-likeness (QED) is 0.723. The van der Waals surface area contributed by atoms with Gasteiger partial charge in [0.15, 0.2) is 0 Å². The molecule has 8 heteroatoms. The number of hydrogen-bond acceptors (Lipinski definition) is 5. The molecule has 156 valence electrons. The van der Waals surface area contributed by atoms with E-state index in [0.29, 0.717) is 6.54 Å². The van der Waals surface area contributed by atoms with Gasteiger partial charge in [-0.2, -0.15) is 0 Å². The van der Waals surface area contributed by atoms with E-state index >= 15 is 0 Å². The van der Waals surface area contributed by atoms with Crippen LogP contribution in [0.2, 0.25) is 0 Å². The van der Waals surface area contributed by atoms with Gasteiger partial charge in [-0.05, 0) is 68.8 Å². The van der Waals surface area contributed by atoms with Crippen molar-refractivity contribution in [3.8, 4) is 0 Å². The molecule has 1 aliphatic rings.